The summed E-state index contributed by atoms with van der Waals surface area (Å²) in [5.41, 5.74) is 2.22. The van der Waals surface area contributed by atoms with Crippen molar-refractivity contribution in [2.24, 2.45) is 0 Å². The van der Waals surface area contributed by atoms with Crippen LogP contribution in [-0.2, 0) is 0 Å². The molecule has 6 heteroatoms. The van der Waals surface area contributed by atoms with Gasteiger partial charge in [-0.05, 0) is 55.5 Å². The van der Waals surface area contributed by atoms with Crippen LogP contribution in [0.3, 0.4) is 0 Å². The first-order valence-electron chi connectivity index (χ1n) is 9.98. The minimum Gasteiger partial charge on any atom is -0.368 e. The molecule has 1 fully saturated rings. The molecule has 1 aromatic heterocycles. The van der Waals surface area contributed by atoms with Crippen molar-refractivity contribution >= 4 is 40.3 Å². The van der Waals surface area contributed by atoms with Crippen LogP contribution in [0.4, 0.5) is 17.5 Å². The Bertz CT molecular complexity index is 896. The maximum atomic E-state index is 4.88. The molecule has 146 valence electrons. The third kappa shape index (κ3) is 4.50. The number of rotatable bonds is 7. The van der Waals surface area contributed by atoms with E-state index in [2.05, 4.69) is 64.0 Å². The van der Waals surface area contributed by atoms with Crippen LogP contribution in [0.2, 0.25) is 0 Å². The number of fused-ring (bicyclic) bond motifs is 1. The van der Waals surface area contributed by atoms with Crippen molar-refractivity contribution in [1.82, 2.24) is 9.97 Å². The molecule has 0 amide bonds. The smallest absolute Gasteiger partial charge is 0.227 e. The molecule has 4 rings (SSSR count). The Morgan fingerprint density at radius 3 is 2.54 bits per heavy atom. The van der Waals surface area contributed by atoms with Gasteiger partial charge in [0.05, 0.1) is 5.52 Å². The van der Waals surface area contributed by atoms with Crippen LogP contribution >= 0.6 is 11.9 Å². The predicted octanol–water partition coefficient (Wildman–Crippen LogP) is 4.82. The molecule has 1 aliphatic rings. The number of hydrogen-bond acceptors (Lipinski definition) is 6. The Morgan fingerprint density at radius 2 is 1.71 bits per heavy atom. The molecule has 0 saturated carbocycles. The van der Waals surface area contributed by atoms with Crippen molar-refractivity contribution in [2.45, 2.75) is 19.3 Å². The lowest BCUT2D eigenvalue weighted by Gasteiger charge is -2.27. The van der Waals surface area contributed by atoms with E-state index in [1.807, 2.05) is 12.1 Å². The van der Waals surface area contributed by atoms with Crippen LogP contribution in [-0.4, -0.2) is 42.4 Å². The van der Waals surface area contributed by atoms with Gasteiger partial charge in [-0.3, -0.25) is 0 Å². The normalized spacial score (nSPS) is 14.2. The third-order valence-electron chi connectivity index (χ3n) is 5.03. The zero-order chi connectivity index (χ0) is 19.2. The Labute approximate surface area is 171 Å². The van der Waals surface area contributed by atoms with Gasteiger partial charge in [0.1, 0.15) is 5.82 Å². The van der Waals surface area contributed by atoms with E-state index >= 15 is 0 Å². The summed E-state index contributed by atoms with van der Waals surface area (Å²) in [6, 6.07) is 18.7. The topological polar surface area (TPSA) is 44.3 Å². The zero-order valence-corrected chi connectivity index (χ0v) is 17.2. The maximum absolute atomic E-state index is 4.88. The maximum Gasteiger partial charge on any atom is 0.227 e. The Hall–Kier alpha value is -2.47. The third-order valence-corrected chi connectivity index (χ3v) is 6.01. The van der Waals surface area contributed by atoms with Crippen molar-refractivity contribution in [1.29, 1.82) is 0 Å². The van der Waals surface area contributed by atoms with Gasteiger partial charge in [0.2, 0.25) is 5.95 Å². The van der Waals surface area contributed by atoms with Gasteiger partial charge in [-0.1, -0.05) is 30.3 Å². The lowest BCUT2D eigenvalue weighted by Crippen LogP contribution is -2.31. The molecule has 0 bridgehead atoms. The molecule has 0 spiro atoms. The molecule has 0 aliphatic carbocycles. The first kappa shape index (κ1) is 18.9. The van der Waals surface area contributed by atoms with Gasteiger partial charge in [0.25, 0.3) is 0 Å². The molecule has 1 aliphatic heterocycles. The Balaban J connectivity index is 1.43. The molecule has 0 radical (unpaired) electrons. The van der Waals surface area contributed by atoms with Gasteiger partial charge >= 0.3 is 0 Å². The number of benzene rings is 2. The van der Waals surface area contributed by atoms with E-state index in [-0.39, 0.29) is 0 Å². The van der Waals surface area contributed by atoms with E-state index in [9.17, 15) is 0 Å². The second-order valence-corrected chi connectivity index (χ2v) is 8.24. The monoisotopic (exact) mass is 393 g/mol. The van der Waals surface area contributed by atoms with Crippen LogP contribution in [0.15, 0.2) is 54.6 Å². The molecule has 2 aromatic carbocycles. The second kappa shape index (κ2) is 9.15. The Morgan fingerprint density at radius 1 is 0.964 bits per heavy atom. The summed E-state index contributed by atoms with van der Waals surface area (Å²) in [6.45, 7) is 2.95. The number of aromatic nitrogens is 2. The lowest BCUT2D eigenvalue weighted by molar-refractivity contribution is 0.569. The molecule has 0 atom stereocenters. The van der Waals surface area contributed by atoms with Gasteiger partial charge in [0, 0.05) is 43.5 Å². The fraction of sp³-hybridized carbons (Fsp3) is 0.364. The number of hydrogen-bond donors (Lipinski definition) is 1. The molecule has 0 unspecified atom stereocenters. The largest absolute Gasteiger partial charge is 0.368 e. The number of anilines is 3. The summed E-state index contributed by atoms with van der Waals surface area (Å²) in [7, 11) is 2.11. The molecule has 3 aromatic rings. The number of nitrogens with zero attached hydrogens (tertiary/aromatic N) is 4. The van der Waals surface area contributed by atoms with Crippen molar-refractivity contribution in [3.05, 3.63) is 54.6 Å². The molecule has 1 saturated heterocycles. The van der Waals surface area contributed by atoms with E-state index in [4.69, 9.17) is 9.97 Å². The van der Waals surface area contributed by atoms with E-state index in [1.165, 1.54) is 24.9 Å². The van der Waals surface area contributed by atoms with Crippen LogP contribution in [0, 0.1) is 0 Å². The highest BCUT2D eigenvalue weighted by molar-refractivity contribution is 8.00. The highest BCUT2D eigenvalue weighted by atomic mass is 32.2. The van der Waals surface area contributed by atoms with E-state index < -0.39 is 0 Å². The fourth-order valence-electron chi connectivity index (χ4n) is 3.50. The summed E-state index contributed by atoms with van der Waals surface area (Å²) in [5, 5.41) is 4.64. The molecule has 2 heterocycles. The van der Waals surface area contributed by atoms with Crippen molar-refractivity contribution in [2.75, 3.05) is 47.0 Å². The van der Waals surface area contributed by atoms with E-state index in [1.54, 1.807) is 11.9 Å². The summed E-state index contributed by atoms with van der Waals surface area (Å²) in [4.78, 5) is 12.0. The van der Waals surface area contributed by atoms with Crippen molar-refractivity contribution in [3.8, 4) is 0 Å². The van der Waals surface area contributed by atoms with Crippen LogP contribution in [0.5, 0.6) is 0 Å². The van der Waals surface area contributed by atoms with Crippen molar-refractivity contribution < 1.29 is 0 Å². The van der Waals surface area contributed by atoms with Gasteiger partial charge in [-0.25, -0.2) is 4.98 Å². The highest BCUT2D eigenvalue weighted by Gasteiger charge is 2.16. The summed E-state index contributed by atoms with van der Waals surface area (Å²) < 4.78 is 2.21. The molecule has 28 heavy (non-hydrogen) atoms. The van der Waals surface area contributed by atoms with Crippen molar-refractivity contribution in [3.63, 3.8) is 0 Å². The molecular weight excluding hydrogens is 366 g/mol. The van der Waals surface area contributed by atoms with Gasteiger partial charge in [-0.2, -0.15) is 4.98 Å². The lowest BCUT2D eigenvalue weighted by atomic mass is 10.1. The predicted molar refractivity (Wildman–Crippen MR) is 121 cm³/mol. The molecular formula is C22H27N5S. The van der Waals surface area contributed by atoms with E-state index in [0.717, 1.165) is 48.1 Å². The van der Waals surface area contributed by atoms with Gasteiger partial charge < -0.3 is 14.5 Å². The minimum absolute atomic E-state index is 0.849. The van der Waals surface area contributed by atoms with Crippen LogP contribution in [0.1, 0.15) is 19.3 Å². The van der Waals surface area contributed by atoms with E-state index in [0.29, 0.717) is 0 Å². The molecule has 5 nitrogen and oxygen atoms in total. The number of piperidine rings is 1. The quantitative estimate of drug-likeness (QED) is 0.459. The average molecular weight is 394 g/mol. The Kier molecular flexibility index (Phi) is 6.17. The van der Waals surface area contributed by atoms with Gasteiger partial charge in [-0.15, -0.1) is 0 Å². The van der Waals surface area contributed by atoms with Crippen LogP contribution in [0.25, 0.3) is 10.9 Å². The average Bonchev–Trinajstić information content (AvgIpc) is 2.77. The second-order valence-electron chi connectivity index (χ2n) is 7.03. The minimum atomic E-state index is 0.849. The molecule has 1 N–H and O–H groups in total. The van der Waals surface area contributed by atoms with Gasteiger partial charge in [0.15, 0.2) is 0 Å². The summed E-state index contributed by atoms with van der Waals surface area (Å²) in [6.07, 6.45) is 3.75. The number of nitrogens with one attached hydrogen (secondary N) is 1. The number of para-hydroxylation sites is 2. The summed E-state index contributed by atoms with van der Waals surface area (Å²) >= 11 is 1.80. The fourth-order valence-corrected chi connectivity index (χ4v) is 4.24. The SMILES string of the molecule is CN(SCCNc1nc(N2CCCCC2)nc2ccccc12)c1ccccc1. The highest BCUT2D eigenvalue weighted by Crippen LogP contribution is 2.25. The standard InChI is InChI=1S/C22H27N5S/c1-26(18-10-4-2-5-11-18)28-17-14-23-21-19-12-6-7-13-20(19)24-22(25-21)27-15-8-3-9-16-27/h2,4-7,10-13H,3,8-9,14-17H2,1H3,(H,23,24,25). The zero-order valence-electron chi connectivity index (χ0n) is 16.3. The van der Waals surface area contributed by atoms with Crippen LogP contribution < -0.4 is 14.5 Å². The first-order valence-corrected chi connectivity index (χ1v) is 10.9. The first-order chi connectivity index (χ1) is 13.8. The summed E-state index contributed by atoms with van der Waals surface area (Å²) in [5.74, 6) is 2.76.